The Morgan fingerprint density at radius 2 is 2.05 bits per heavy atom. The average Bonchev–Trinajstić information content (AvgIpc) is 3.09. The van der Waals surface area contributed by atoms with Crippen molar-refractivity contribution in [1.82, 2.24) is 4.90 Å². The van der Waals surface area contributed by atoms with Crippen LogP contribution in [-0.2, 0) is 4.79 Å². The second-order valence-electron chi connectivity index (χ2n) is 5.35. The van der Waals surface area contributed by atoms with Crippen LogP contribution in [-0.4, -0.2) is 41.7 Å². The minimum Gasteiger partial charge on any atom is -0.492 e. The van der Waals surface area contributed by atoms with Gasteiger partial charge in [-0.15, -0.1) is 23.2 Å². The number of anilines is 1. The van der Waals surface area contributed by atoms with E-state index in [2.05, 4.69) is 5.32 Å². The van der Waals surface area contributed by atoms with Crippen molar-refractivity contribution in [2.24, 2.45) is 5.92 Å². The minimum absolute atomic E-state index is 0.137. The summed E-state index contributed by atoms with van der Waals surface area (Å²) in [5.74, 6) is -0.369. The van der Waals surface area contributed by atoms with Crippen LogP contribution in [0.5, 0.6) is 5.75 Å². The lowest BCUT2D eigenvalue weighted by Gasteiger charge is -2.15. The average molecular weight is 345 g/mol. The van der Waals surface area contributed by atoms with Crippen molar-refractivity contribution in [1.29, 1.82) is 0 Å². The SMILES string of the molecule is CCOc1cc(C(=O)N(C)C)ccc1NC(=O)C1CC1(Cl)Cl. The predicted molar refractivity (Wildman–Crippen MR) is 86.8 cm³/mol. The lowest BCUT2D eigenvalue weighted by molar-refractivity contribution is -0.117. The first-order valence-electron chi connectivity index (χ1n) is 6.93. The first kappa shape index (κ1) is 16.9. The summed E-state index contributed by atoms with van der Waals surface area (Å²) in [6.07, 6.45) is 0.434. The quantitative estimate of drug-likeness (QED) is 0.835. The molecule has 2 amide bonds. The first-order valence-corrected chi connectivity index (χ1v) is 7.69. The van der Waals surface area contributed by atoms with Gasteiger partial charge in [-0.2, -0.15) is 0 Å². The predicted octanol–water partition coefficient (Wildman–Crippen LogP) is 2.92. The van der Waals surface area contributed by atoms with Crippen LogP contribution in [0.2, 0.25) is 0 Å². The van der Waals surface area contributed by atoms with Crippen LogP contribution < -0.4 is 10.1 Å². The van der Waals surface area contributed by atoms with Gasteiger partial charge in [0.2, 0.25) is 5.91 Å². The molecule has 0 heterocycles. The van der Waals surface area contributed by atoms with Gasteiger partial charge in [-0.05, 0) is 31.5 Å². The summed E-state index contributed by atoms with van der Waals surface area (Å²) in [5.41, 5.74) is 0.986. The Morgan fingerprint density at radius 3 is 2.55 bits per heavy atom. The summed E-state index contributed by atoms with van der Waals surface area (Å²) >= 11 is 11.8. The number of nitrogens with zero attached hydrogens (tertiary/aromatic N) is 1. The van der Waals surface area contributed by atoms with Crippen LogP contribution in [0.1, 0.15) is 23.7 Å². The zero-order valence-electron chi connectivity index (χ0n) is 12.7. The van der Waals surface area contributed by atoms with Crippen molar-refractivity contribution >= 4 is 40.7 Å². The van der Waals surface area contributed by atoms with Crippen LogP contribution in [0.4, 0.5) is 5.69 Å². The summed E-state index contributed by atoms with van der Waals surface area (Å²) in [5, 5.41) is 2.75. The topological polar surface area (TPSA) is 58.6 Å². The Morgan fingerprint density at radius 1 is 1.41 bits per heavy atom. The molecular weight excluding hydrogens is 327 g/mol. The summed E-state index contributed by atoms with van der Waals surface area (Å²) in [6, 6.07) is 4.90. The number of alkyl halides is 2. The Hall–Kier alpha value is -1.46. The molecule has 0 radical (unpaired) electrons. The molecule has 0 aliphatic heterocycles. The van der Waals surface area contributed by atoms with E-state index in [1.54, 1.807) is 32.3 Å². The molecule has 1 saturated carbocycles. The third-order valence-corrected chi connectivity index (χ3v) is 4.17. The molecule has 2 rings (SSSR count). The molecule has 1 aliphatic rings. The number of ether oxygens (including phenoxy) is 1. The molecule has 1 fully saturated rings. The van der Waals surface area contributed by atoms with Crippen molar-refractivity contribution in [3.63, 3.8) is 0 Å². The highest BCUT2D eigenvalue weighted by atomic mass is 35.5. The molecule has 1 atom stereocenters. The molecule has 5 nitrogen and oxygen atoms in total. The van der Waals surface area contributed by atoms with E-state index in [4.69, 9.17) is 27.9 Å². The molecule has 1 N–H and O–H groups in total. The maximum Gasteiger partial charge on any atom is 0.253 e. The zero-order chi connectivity index (χ0) is 16.5. The number of amides is 2. The molecule has 0 aromatic heterocycles. The highest BCUT2D eigenvalue weighted by Crippen LogP contribution is 2.53. The van der Waals surface area contributed by atoms with Gasteiger partial charge in [0.25, 0.3) is 5.91 Å². The van der Waals surface area contributed by atoms with Crippen molar-refractivity contribution in [2.45, 2.75) is 17.7 Å². The monoisotopic (exact) mass is 344 g/mol. The third-order valence-electron chi connectivity index (χ3n) is 3.33. The van der Waals surface area contributed by atoms with E-state index in [1.807, 2.05) is 6.92 Å². The van der Waals surface area contributed by atoms with Gasteiger partial charge in [-0.25, -0.2) is 0 Å². The first-order chi connectivity index (χ1) is 10.3. The smallest absolute Gasteiger partial charge is 0.253 e. The molecular formula is C15H18Cl2N2O3. The number of benzene rings is 1. The Balaban J connectivity index is 2.20. The van der Waals surface area contributed by atoms with E-state index in [9.17, 15) is 9.59 Å². The number of nitrogens with one attached hydrogen (secondary N) is 1. The molecule has 0 spiro atoms. The second-order valence-corrected chi connectivity index (χ2v) is 6.89. The van der Waals surface area contributed by atoms with Crippen molar-refractivity contribution in [3.05, 3.63) is 23.8 Å². The van der Waals surface area contributed by atoms with Crippen LogP contribution in [0.3, 0.4) is 0 Å². The van der Waals surface area contributed by atoms with E-state index in [-0.39, 0.29) is 11.8 Å². The largest absolute Gasteiger partial charge is 0.492 e. The summed E-state index contributed by atoms with van der Waals surface area (Å²) in [4.78, 5) is 25.5. The van der Waals surface area contributed by atoms with Crippen molar-refractivity contribution in [2.75, 3.05) is 26.0 Å². The molecule has 1 aromatic carbocycles. The standard InChI is InChI=1S/C15H18Cl2N2O3/c1-4-22-12-7-9(14(21)19(2)3)5-6-11(12)18-13(20)10-8-15(10,16)17/h5-7,10H,4,8H2,1-3H3,(H,18,20). The van der Waals surface area contributed by atoms with E-state index in [0.29, 0.717) is 30.0 Å². The molecule has 22 heavy (non-hydrogen) atoms. The van der Waals surface area contributed by atoms with E-state index in [0.717, 1.165) is 0 Å². The summed E-state index contributed by atoms with van der Waals surface area (Å²) in [7, 11) is 3.35. The molecule has 0 bridgehead atoms. The Labute approximate surface area is 139 Å². The van der Waals surface area contributed by atoms with Crippen LogP contribution >= 0.6 is 23.2 Å². The van der Waals surface area contributed by atoms with Gasteiger partial charge in [0.1, 0.15) is 10.1 Å². The van der Waals surface area contributed by atoms with E-state index >= 15 is 0 Å². The molecule has 0 saturated heterocycles. The number of halogens is 2. The molecule has 7 heteroatoms. The molecule has 1 aromatic rings. The molecule has 1 unspecified atom stereocenters. The lowest BCUT2D eigenvalue weighted by Crippen LogP contribution is -2.22. The van der Waals surface area contributed by atoms with Gasteiger partial charge in [-0.3, -0.25) is 9.59 Å². The number of hydrogen-bond acceptors (Lipinski definition) is 3. The summed E-state index contributed by atoms with van der Waals surface area (Å²) < 4.78 is 4.53. The fourth-order valence-electron chi connectivity index (χ4n) is 2.01. The van der Waals surface area contributed by atoms with Crippen LogP contribution in [0.15, 0.2) is 18.2 Å². The van der Waals surface area contributed by atoms with Gasteiger partial charge in [0.05, 0.1) is 18.2 Å². The fourth-order valence-corrected chi connectivity index (χ4v) is 2.52. The van der Waals surface area contributed by atoms with E-state index < -0.39 is 10.3 Å². The maximum atomic E-state index is 12.1. The highest BCUT2D eigenvalue weighted by Gasteiger charge is 2.56. The van der Waals surface area contributed by atoms with Crippen molar-refractivity contribution in [3.8, 4) is 5.75 Å². The molecule has 1 aliphatic carbocycles. The van der Waals surface area contributed by atoms with Crippen molar-refractivity contribution < 1.29 is 14.3 Å². The Kier molecular flexibility index (Phi) is 4.87. The lowest BCUT2D eigenvalue weighted by atomic mass is 10.1. The van der Waals surface area contributed by atoms with E-state index in [1.165, 1.54) is 4.90 Å². The van der Waals surface area contributed by atoms with Gasteiger partial charge >= 0.3 is 0 Å². The van der Waals surface area contributed by atoms with Crippen LogP contribution in [0.25, 0.3) is 0 Å². The van der Waals surface area contributed by atoms with Gasteiger partial charge < -0.3 is 15.0 Å². The van der Waals surface area contributed by atoms with Gasteiger partial charge in [0.15, 0.2) is 0 Å². The number of rotatable bonds is 5. The number of hydrogen-bond donors (Lipinski definition) is 1. The minimum atomic E-state index is -0.976. The molecule has 120 valence electrons. The summed E-state index contributed by atoms with van der Waals surface area (Å²) in [6.45, 7) is 2.25. The number of carbonyl (C=O) groups excluding carboxylic acids is 2. The zero-order valence-corrected chi connectivity index (χ0v) is 14.2. The normalized spacial score (nSPS) is 18.5. The third kappa shape index (κ3) is 3.65. The van der Waals surface area contributed by atoms with Gasteiger partial charge in [-0.1, -0.05) is 0 Å². The number of carbonyl (C=O) groups is 2. The highest BCUT2D eigenvalue weighted by molar-refractivity contribution is 6.52. The maximum absolute atomic E-state index is 12.1. The fraction of sp³-hybridized carbons (Fsp3) is 0.467. The Bertz CT molecular complexity index is 602. The van der Waals surface area contributed by atoms with Crippen LogP contribution in [0, 0.1) is 5.92 Å². The van der Waals surface area contributed by atoms with Gasteiger partial charge in [0, 0.05) is 19.7 Å². The second kappa shape index (κ2) is 6.34.